The van der Waals surface area contributed by atoms with E-state index in [1.807, 2.05) is 17.4 Å². The van der Waals surface area contributed by atoms with Crippen molar-refractivity contribution in [3.63, 3.8) is 0 Å². The summed E-state index contributed by atoms with van der Waals surface area (Å²) in [5.74, 6) is 1.56. The van der Waals surface area contributed by atoms with Gasteiger partial charge in [-0.05, 0) is 29.1 Å². The van der Waals surface area contributed by atoms with E-state index in [4.69, 9.17) is 9.47 Å². The fraction of sp³-hybridized carbons (Fsp3) is 0.412. The van der Waals surface area contributed by atoms with Crippen molar-refractivity contribution in [3.05, 3.63) is 46.2 Å². The number of piperazine rings is 1. The molecule has 1 saturated heterocycles. The lowest BCUT2D eigenvalue weighted by molar-refractivity contribution is 0.200. The molecule has 0 unspecified atom stereocenters. The summed E-state index contributed by atoms with van der Waals surface area (Å²) < 4.78 is 10.8. The van der Waals surface area contributed by atoms with Crippen molar-refractivity contribution in [1.82, 2.24) is 10.2 Å². The summed E-state index contributed by atoms with van der Waals surface area (Å²) in [4.78, 5) is 3.90. The van der Waals surface area contributed by atoms with Crippen LogP contribution in [0.1, 0.15) is 16.5 Å². The first-order chi connectivity index (χ1) is 10.8. The summed E-state index contributed by atoms with van der Waals surface area (Å²) in [6, 6.07) is 10.9. The number of ether oxygens (including phenoxy) is 2. The van der Waals surface area contributed by atoms with Gasteiger partial charge in [0.05, 0.1) is 20.3 Å². The van der Waals surface area contributed by atoms with E-state index in [-0.39, 0.29) is 6.04 Å². The fourth-order valence-corrected chi connectivity index (χ4v) is 3.85. The van der Waals surface area contributed by atoms with Crippen molar-refractivity contribution in [3.8, 4) is 11.5 Å². The van der Waals surface area contributed by atoms with Crippen LogP contribution >= 0.6 is 11.3 Å². The third kappa shape index (κ3) is 3.11. The molecule has 4 nitrogen and oxygen atoms in total. The van der Waals surface area contributed by atoms with Gasteiger partial charge in [-0.1, -0.05) is 12.1 Å². The number of nitrogens with zero attached hydrogens (tertiary/aromatic N) is 1. The lowest BCUT2D eigenvalue weighted by Gasteiger charge is -2.35. The third-order valence-corrected chi connectivity index (χ3v) is 4.98. The molecule has 118 valence electrons. The standard InChI is InChI=1S/C17H22N2O2S/c1-20-14-6-5-13(12-15(14)21-2)17(16-4-3-11-22-16)19-9-7-18-8-10-19/h3-6,11-12,17-18H,7-10H2,1-2H3/t17-/m1/s1. The van der Waals surface area contributed by atoms with Crippen LogP contribution in [0.15, 0.2) is 35.7 Å². The molecule has 1 N–H and O–H groups in total. The van der Waals surface area contributed by atoms with Crippen molar-refractivity contribution in [2.45, 2.75) is 6.04 Å². The maximum absolute atomic E-state index is 5.48. The van der Waals surface area contributed by atoms with Crippen LogP contribution in [0.25, 0.3) is 0 Å². The van der Waals surface area contributed by atoms with E-state index in [0.717, 1.165) is 37.7 Å². The summed E-state index contributed by atoms with van der Waals surface area (Å²) >= 11 is 1.81. The highest BCUT2D eigenvalue weighted by Crippen LogP contribution is 2.36. The third-order valence-electron chi connectivity index (χ3n) is 4.05. The molecule has 0 saturated carbocycles. The number of hydrogen-bond donors (Lipinski definition) is 1. The molecule has 5 heteroatoms. The molecule has 1 aliphatic rings. The van der Waals surface area contributed by atoms with Gasteiger partial charge in [-0.3, -0.25) is 4.90 Å². The van der Waals surface area contributed by atoms with Crippen LogP contribution in [-0.2, 0) is 0 Å². The van der Waals surface area contributed by atoms with Gasteiger partial charge in [-0.15, -0.1) is 11.3 Å². The van der Waals surface area contributed by atoms with Crippen LogP contribution in [0.5, 0.6) is 11.5 Å². The SMILES string of the molecule is COc1ccc([C@H](c2cccs2)N2CCNCC2)cc1OC. The number of methoxy groups -OCH3 is 2. The Morgan fingerprint density at radius 3 is 2.50 bits per heavy atom. The van der Waals surface area contributed by atoms with E-state index in [0.29, 0.717) is 0 Å². The van der Waals surface area contributed by atoms with E-state index in [2.05, 4.69) is 39.9 Å². The minimum Gasteiger partial charge on any atom is -0.493 e. The first-order valence-electron chi connectivity index (χ1n) is 7.53. The van der Waals surface area contributed by atoms with Crippen molar-refractivity contribution in [2.75, 3.05) is 40.4 Å². The lowest BCUT2D eigenvalue weighted by Crippen LogP contribution is -2.45. The summed E-state index contributed by atoms with van der Waals surface area (Å²) in [5, 5.41) is 5.57. The zero-order chi connectivity index (χ0) is 15.4. The molecule has 1 aromatic heterocycles. The zero-order valence-electron chi connectivity index (χ0n) is 13.0. The van der Waals surface area contributed by atoms with E-state index < -0.39 is 0 Å². The zero-order valence-corrected chi connectivity index (χ0v) is 13.9. The van der Waals surface area contributed by atoms with Crippen molar-refractivity contribution >= 4 is 11.3 Å². The quantitative estimate of drug-likeness (QED) is 0.919. The predicted octanol–water partition coefficient (Wildman–Crippen LogP) is 2.76. The second kappa shape index (κ2) is 7.13. The minimum absolute atomic E-state index is 0.280. The smallest absolute Gasteiger partial charge is 0.161 e. The molecule has 1 aromatic carbocycles. The molecule has 3 rings (SSSR count). The highest BCUT2D eigenvalue weighted by atomic mass is 32.1. The van der Waals surface area contributed by atoms with Gasteiger partial charge in [0.25, 0.3) is 0 Å². The molecule has 0 radical (unpaired) electrons. The van der Waals surface area contributed by atoms with Gasteiger partial charge < -0.3 is 14.8 Å². The Morgan fingerprint density at radius 2 is 1.86 bits per heavy atom. The van der Waals surface area contributed by atoms with Crippen LogP contribution in [0.4, 0.5) is 0 Å². The molecule has 22 heavy (non-hydrogen) atoms. The van der Waals surface area contributed by atoms with Gasteiger partial charge in [0, 0.05) is 31.1 Å². The van der Waals surface area contributed by atoms with Crippen LogP contribution in [-0.4, -0.2) is 45.3 Å². The van der Waals surface area contributed by atoms with Crippen LogP contribution in [0, 0.1) is 0 Å². The van der Waals surface area contributed by atoms with Gasteiger partial charge in [0.1, 0.15) is 0 Å². The topological polar surface area (TPSA) is 33.7 Å². The average molecular weight is 318 g/mol. The second-order valence-corrected chi connectivity index (χ2v) is 6.30. The summed E-state index contributed by atoms with van der Waals surface area (Å²) in [7, 11) is 3.36. The highest BCUT2D eigenvalue weighted by Gasteiger charge is 2.25. The van der Waals surface area contributed by atoms with Gasteiger partial charge in [0.15, 0.2) is 11.5 Å². The van der Waals surface area contributed by atoms with Gasteiger partial charge in [0.2, 0.25) is 0 Å². The summed E-state index contributed by atoms with van der Waals surface area (Å²) in [6.45, 7) is 4.18. The molecule has 0 aliphatic carbocycles. The van der Waals surface area contributed by atoms with Gasteiger partial charge in [-0.25, -0.2) is 0 Å². The molecule has 1 aliphatic heterocycles. The van der Waals surface area contributed by atoms with Crippen LogP contribution in [0.2, 0.25) is 0 Å². The molecule has 2 aromatic rings. The Hall–Kier alpha value is -1.56. The first-order valence-corrected chi connectivity index (χ1v) is 8.41. The van der Waals surface area contributed by atoms with Crippen molar-refractivity contribution in [1.29, 1.82) is 0 Å². The van der Waals surface area contributed by atoms with E-state index >= 15 is 0 Å². The monoisotopic (exact) mass is 318 g/mol. The fourth-order valence-electron chi connectivity index (χ4n) is 2.97. The van der Waals surface area contributed by atoms with Crippen molar-refractivity contribution < 1.29 is 9.47 Å². The number of nitrogens with one attached hydrogen (secondary N) is 1. The summed E-state index contributed by atoms with van der Waals surface area (Å²) in [6.07, 6.45) is 0. The van der Waals surface area contributed by atoms with Crippen molar-refractivity contribution in [2.24, 2.45) is 0 Å². The lowest BCUT2D eigenvalue weighted by atomic mass is 10.0. The molecule has 0 spiro atoms. The Balaban J connectivity index is 1.98. The summed E-state index contributed by atoms with van der Waals surface area (Å²) in [5.41, 5.74) is 1.25. The van der Waals surface area contributed by atoms with Crippen LogP contribution < -0.4 is 14.8 Å². The molecular weight excluding hydrogens is 296 g/mol. The highest BCUT2D eigenvalue weighted by molar-refractivity contribution is 7.10. The normalized spacial score (nSPS) is 17.2. The minimum atomic E-state index is 0.280. The molecule has 0 amide bonds. The molecule has 0 bridgehead atoms. The Kier molecular flexibility index (Phi) is 4.97. The maximum atomic E-state index is 5.48. The number of thiophene rings is 1. The number of benzene rings is 1. The van der Waals surface area contributed by atoms with Crippen LogP contribution in [0.3, 0.4) is 0 Å². The Bertz CT molecular complexity index is 595. The van der Waals surface area contributed by atoms with E-state index in [1.165, 1.54) is 10.4 Å². The largest absolute Gasteiger partial charge is 0.493 e. The average Bonchev–Trinajstić information content (AvgIpc) is 3.10. The molecular formula is C17H22N2O2S. The van der Waals surface area contributed by atoms with Gasteiger partial charge in [-0.2, -0.15) is 0 Å². The van der Waals surface area contributed by atoms with Gasteiger partial charge >= 0.3 is 0 Å². The molecule has 2 heterocycles. The Morgan fingerprint density at radius 1 is 1.09 bits per heavy atom. The Labute approximate surface area is 135 Å². The van der Waals surface area contributed by atoms with E-state index in [9.17, 15) is 0 Å². The second-order valence-electron chi connectivity index (χ2n) is 5.32. The van der Waals surface area contributed by atoms with E-state index in [1.54, 1.807) is 14.2 Å². The molecule has 1 atom stereocenters. The number of hydrogen-bond acceptors (Lipinski definition) is 5. The number of rotatable bonds is 5. The first kappa shape index (κ1) is 15.3. The maximum Gasteiger partial charge on any atom is 0.161 e. The molecule has 1 fully saturated rings. The predicted molar refractivity (Wildman–Crippen MR) is 90.2 cm³/mol.